The molecule has 1 saturated heterocycles. The average Bonchev–Trinajstić information content (AvgIpc) is 3.22. The Bertz CT molecular complexity index is 1360. The Balaban J connectivity index is 1.49. The molecule has 4 aliphatic carbocycles. The summed E-state index contributed by atoms with van der Waals surface area (Å²) in [5, 5.41) is 54.0. The Kier molecular flexibility index (Phi) is 9.79. The first-order valence-electron chi connectivity index (χ1n) is 18.2. The molecular weight excluding hydrogens is 632 g/mol. The van der Waals surface area contributed by atoms with Crippen LogP contribution in [0.5, 0.6) is 0 Å². The Morgan fingerprint density at radius 3 is 2.14 bits per heavy atom. The first kappa shape index (κ1) is 38.2. The number of rotatable bonds is 8. The fraction of sp³-hybridized carbons (Fsp3) is 0.868. The van der Waals surface area contributed by atoms with Gasteiger partial charge in [-0.05, 0) is 94.8 Å². The topological polar surface area (TPSA) is 180 Å². The van der Waals surface area contributed by atoms with E-state index in [0.29, 0.717) is 25.7 Å². The van der Waals surface area contributed by atoms with E-state index >= 15 is 0 Å². The predicted octanol–water partition coefficient (Wildman–Crippen LogP) is 4.66. The van der Waals surface area contributed by atoms with Crippen molar-refractivity contribution in [2.75, 3.05) is 0 Å². The zero-order valence-electron chi connectivity index (χ0n) is 30.9. The molecule has 2 saturated carbocycles. The van der Waals surface area contributed by atoms with Crippen molar-refractivity contribution in [1.29, 1.82) is 0 Å². The van der Waals surface area contributed by atoms with E-state index in [-0.39, 0.29) is 23.2 Å². The highest BCUT2D eigenvalue weighted by atomic mass is 16.6. The van der Waals surface area contributed by atoms with Crippen LogP contribution in [0.4, 0.5) is 0 Å². The number of carbonyl (C=O) groups is 3. The number of carbonyl (C=O) groups excluding carboxylic acids is 2. The summed E-state index contributed by atoms with van der Waals surface area (Å²) in [4.78, 5) is 36.9. The summed E-state index contributed by atoms with van der Waals surface area (Å²) in [6.45, 7) is 16.7. The van der Waals surface area contributed by atoms with E-state index in [0.717, 1.165) is 25.7 Å². The second kappa shape index (κ2) is 12.6. The molecule has 0 amide bonds. The lowest BCUT2D eigenvalue weighted by atomic mass is 9.42. The summed E-state index contributed by atoms with van der Waals surface area (Å²) < 4.78 is 17.9. The normalized spacial score (nSPS) is 43.0. The molecule has 5 aliphatic rings. The maximum atomic E-state index is 13.3. The number of carboxylic acids is 1. The van der Waals surface area contributed by atoms with Crippen LogP contribution in [-0.2, 0) is 28.6 Å². The van der Waals surface area contributed by atoms with Crippen LogP contribution in [-0.4, -0.2) is 85.3 Å². The van der Waals surface area contributed by atoms with Gasteiger partial charge < -0.3 is 39.7 Å². The number of ether oxygens (including phenoxy) is 3. The number of hydrogen-bond acceptors (Lipinski definition) is 10. The monoisotopic (exact) mass is 692 g/mol. The molecule has 3 fully saturated rings. The van der Waals surface area contributed by atoms with Crippen LogP contribution in [0.15, 0.2) is 11.1 Å². The van der Waals surface area contributed by atoms with Crippen LogP contribution >= 0.6 is 0 Å². The molecule has 0 spiro atoms. The van der Waals surface area contributed by atoms with Crippen molar-refractivity contribution in [3.05, 3.63) is 11.1 Å². The highest BCUT2D eigenvalue weighted by molar-refractivity contribution is 5.74. The maximum Gasteiger partial charge on any atom is 0.309 e. The summed E-state index contributed by atoms with van der Waals surface area (Å²) in [5.74, 6) is -2.62. The van der Waals surface area contributed by atoms with Gasteiger partial charge in [0.05, 0.1) is 36.3 Å². The minimum atomic E-state index is -1.81. The van der Waals surface area contributed by atoms with Gasteiger partial charge in [0.2, 0.25) is 0 Å². The molecular formula is C38H60O11. The van der Waals surface area contributed by atoms with Crippen molar-refractivity contribution in [1.82, 2.24) is 0 Å². The minimum absolute atomic E-state index is 0.00766. The summed E-state index contributed by atoms with van der Waals surface area (Å²) in [6, 6.07) is 0. The maximum absolute atomic E-state index is 13.3. The lowest BCUT2D eigenvalue weighted by Crippen LogP contribution is -2.63. The molecule has 5 N–H and O–H groups in total. The van der Waals surface area contributed by atoms with Gasteiger partial charge in [0.1, 0.15) is 12.2 Å². The number of hydrogen-bond donors (Lipinski definition) is 5. The summed E-state index contributed by atoms with van der Waals surface area (Å²) in [5.41, 5.74) is -2.40. The van der Waals surface area contributed by atoms with Crippen LogP contribution < -0.4 is 0 Å². The Hall–Kier alpha value is -2.05. The third kappa shape index (κ3) is 6.38. The number of carboxylic acid groups (broad SMARTS) is 1. The molecule has 0 radical (unpaired) electrons. The number of aliphatic hydroxyl groups is 4. The molecule has 278 valence electrons. The van der Waals surface area contributed by atoms with Gasteiger partial charge >= 0.3 is 17.9 Å². The number of aliphatic hydroxyl groups excluding tert-OH is 2. The zero-order valence-corrected chi connectivity index (χ0v) is 30.9. The molecule has 11 heteroatoms. The molecule has 0 bridgehead atoms. The lowest BCUT2D eigenvalue weighted by molar-refractivity contribution is -0.251. The van der Waals surface area contributed by atoms with Crippen LogP contribution in [0, 0.1) is 39.4 Å². The second-order valence-corrected chi connectivity index (χ2v) is 18.2. The fourth-order valence-corrected chi connectivity index (χ4v) is 11.7. The van der Waals surface area contributed by atoms with Crippen molar-refractivity contribution in [2.24, 2.45) is 39.4 Å². The molecule has 49 heavy (non-hydrogen) atoms. The van der Waals surface area contributed by atoms with E-state index in [2.05, 4.69) is 20.8 Å². The Morgan fingerprint density at radius 1 is 0.918 bits per heavy atom. The lowest BCUT2D eigenvalue weighted by Gasteiger charge is -2.64. The summed E-state index contributed by atoms with van der Waals surface area (Å²) in [7, 11) is 0. The third-order valence-corrected chi connectivity index (χ3v) is 14.1. The molecule has 0 unspecified atom stereocenters. The predicted molar refractivity (Wildman–Crippen MR) is 179 cm³/mol. The molecule has 0 aromatic heterocycles. The first-order chi connectivity index (χ1) is 22.4. The van der Waals surface area contributed by atoms with E-state index in [1.165, 1.54) is 25.0 Å². The molecule has 0 aromatic carbocycles. The number of aliphatic carboxylic acids is 1. The van der Waals surface area contributed by atoms with Crippen LogP contribution in [0.25, 0.3) is 0 Å². The highest BCUT2D eigenvalue weighted by Crippen LogP contribution is 2.73. The molecule has 1 aliphatic heterocycles. The third-order valence-electron chi connectivity index (χ3n) is 14.1. The van der Waals surface area contributed by atoms with Crippen LogP contribution in [0.3, 0.4) is 0 Å². The van der Waals surface area contributed by atoms with Crippen molar-refractivity contribution >= 4 is 17.9 Å². The first-order valence-corrected chi connectivity index (χ1v) is 18.2. The SMILES string of the molecule is CC(=O)O[C@H]1[C@H](OC(=O)C[C@@](C)(O)CC(=O)O)C[C@]2(C)C3=C(CC[C@H]2C1(C)C)[C@]1(C)CC[C@H]([C@H]2CC[C@H](C(C)(C)O)O[C@@H]2O)[C@@]1(C)[C@@H](O)C3. The van der Waals surface area contributed by atoms with Gasteiger partial charge in [-0.1, -0.05) is 45.8 Å². The van der Waals surface area contributed by atoms with E-state index in [4.69, 9.17) is 14.2 Å². The van der Waals surface area contributed by atoms with Gasteiger partial charge in [0, 0.05) is 23.7 Å². The average molecular weight is 693 g/mol. The van der Waals surface area contributed by atoms with Crippen LogP contribution in [0.2, 0.25) is 0 Å². The molecule has 5 rings (SSSR count). The number of esters is 2. The number of allylic oxidation sites excluding steroid dienone is 1. The summed E-state index contributed by atoms with van der Waals surface area (Å²) >= 11 is 0. The second-order valence-electron chi connectivity index (χ2n) is 18.2. The van der Waals surface area contributed by atoms with E-state index < -0.39 is 88.9 Å². The van der Waals surface area contributed by atoms with E-state index in [9.17, 15) is 39.9 Å². The van der Waals surface area contributed by atoms with Gasteiger partial charge in [0.15, 0.2) is 6.29 Å². The van der Waals surface area contributed by atoms with Gasteiger partial charge in [-0.15, -0.1) is 0 Å². The van der Waals surface area contributed by atoms with E-state index in [1.807, 2.05) is 13.8 Å². The summed E-state index contributed by atoms with van der Waals surface area (Å²) in [6.07, 6.45) is 0.462. The van der Waals surface area contributed by atoms with Crippen molar-refractivity contribution in [2.45, 2.75) is 168 Å². The van der Waals surface area contributed by atoms with Crippen molar-refractivity contribution in [3.8, 4) is 0 Å². The van der Waals surface area contributed by atoms with Gasteiger partial charge in [-0.2, -0.15) is 0 Å². The molecule has 11 nitrogen and oxygen atoms in total. The molecule has 1 heterocycles. The van der Waals surface area contributed by atoms with Crippen molar-refractivity contribution < 1.29 is 54.1 Å². The fourth-order valence-electron chi connectivity index (χ4n) is 11.7. The smallest absolute Gasteiger partial charge is 0.309 e. The van der Waals surface area contributed by atoms with Gasteiger partial charge in [-0.25, -0.2) is 0 Å². The molecule has 12 atom stereocenters. The minimum Gasteiger partial charge on any atom is -0.481 e. The van der Waals surface area contributed by atoms with Gasteiger partial charge in [0.25, 0.3) is 0 Å². The largest absolute Gasteiger partial charge is 0.481 e. The number of fused-ring (bicyclic) bond motifs is 4. The van der Waals surface area contributed by atoms with Gasteiger partial charge in [-0.3, -0.25) is 14.4 Å². The standard InChI is InChI=1S/C38H60O11/c1-20(39)47-31-25(48-30(43)19-35(6,46)18-29(41)42)17-36(7)24-16-27(40)38(9)22(21-10-13-28(34(4,5)45)49-32(21)44)14-15-37(38,8)23(24)11-12-26(36)33(31,2)3/h21-22,25-28,31-32,40,44-46H,10-19H2,1-9H3,(H,41,42)/t21-,22-,25-,26+,27+,28-,31+,32+,35+,36-,37+,38+/m1/s1. The zero-order chi connectivity index (χ0) is 36.7. The highest BCUT2D eigenvalue weighted by Gasteiger charge is 2.68. The van der Waals surface area contributed by atoms with E-state index in [1.54, 1.807) is 13.8 Å². The van der Waals surface area contributed by atoms with Crippen LogP contribution in [0.1, 0.15) is 127 Å². The Labute approximate surface area is 290 Å². The Morgan fingerprint density at radius 2 is 1.57 bits per heavy atom. The molecule has 0 aromatic rings. The quantitative estimate of drug-likeness (QED) is 0.176. The van der Waals surface area contributed by atoms with Crippen molar-refractivity contribution in [3.63, 3.8) is 0 Å².